The highest BCUT2D eigenvalue weighted by atomic mass is 79.9. The van der Waals surface area contributed by atoms with Gasteiger partial charge in [-0.2, -0.15) is 18.4 Å². The summed E-state index contributed by atoms with van der Waals surface area (Å²) in [6.45, 7) is 3.61. The fourth-order valence-corrected chi connectivity index (χ4v) is 3.26. The number of sulfonamides is 1. The zero-order chi connectivity index (χ0) is 17.0. The van der Waals surface area contributed by atoms with E-state index in [1.165, 1.54) is 0 Å². The normalized spacial score (nSPS) is 12.1. The molecule has 0 amide bonds. The summed E-state index contributed by atoms with van der Waals surface area (Å²) in [5, 5.41) is 3.99. The van der Waals surface area contributed by atoms with Gasteiger partial charge in [-0.05, 0) is 44.2 Å². The summed E-state index contributed by atoms with van der Waals surface area (Å²) < 4.78 is 30.4. The maximum atomic E-state index is 12.2. The Kier molecular flexibility index (Phi) is 5.43. The quantitative estimate of drug-likeness (QED) is 0.621. The van der Waals surface area contributed by atoms with E-state index in [-0.39, 0.29) is 4.90 Å². The minimum absolute atomic E-state index is 0.171. The number of methoxy groups -OCH3 is 1. The summed E-state index contributed by atoms with van der Waals surface area (Å²) in [6, 6.07) is 12.0. The highest BCUT2D eigenvalue weighted by Gasteiger charge is 2.13. The molecule has 1 N–H and O–H groups in total. The van der Waals surface area contributed by atoms with E-state index >= 15 is 0 Å². The molecule has 0 saturated heterocycles. The van der Waals surface area contributed by atoms with Crippen LogP contribution in [-0.4, -0.2) is 21.2 Å². The number of halogens is 1. The first-order valence-electron chi connectivity index (χ1n) is 6.80. The lowest BCUT2D eigenvalue weighted by Gasteiger charge is -2.08. The Morgan fingerprint density at radius 1 is 1.17 bits per heavy atom. The lowest BCUT2D eigenvalue weighted by molar-refractivity contribution is 0.414. The fourth-order valence-electron chi connectivity index (χ4n) is 1.87. The van der Waals surface area contributed by atoms with E-state index < -0.39 is 10.0 Å². The van der Waals surface area contributed by atoms with Crippen LogP contribution in [0.5, 0.6) is 5.75 Å². The third-order valence-electron chi connectivity index (χ3n) is 3.23. The van der Waals surface area contributed by atoms with E-state index in [9.17, 15) is 8.42 Å². The van der Waals surface area contributed by atoms with Crippen LogP contribution in [0, 0.1) is 6.92 Å². The second-order valence-electron chi connectivity index (χ2n) is 4.95. The van der Waals surface area contributed by atoms with Gasteiger partial charge in [0.1, 0.15) is 5.75 Å². The smallest absolute Gasteiger partial charge is 0.276 e. The number of hydrogen-bond donors (Lipinski definition) is 1. The molecule has 2 aromatic rings. The van der Waals surface area contributed by atoms with E-state index in [4.69, 9.17) is 4.74 Å². The molecule has 23 heavy (non-hydrogen) atoms. The van der Waals surface area contributed by atoms with Gasteiger partial charge in [-0.1, -0.05) is 33.6 Å². The summed E-state index contributed by atoms with van der Waals surface area (Å²) in [4.78, 5) is 2.43. The van der Waals surface area contributed by atoms with Crippen LogP contribution in [0.4, 0.5) is 0 Å². The summed E-state index contributed by atoms with van der Waals surface area (Å²) in [5.41, 5.74) is 2.26. The van der Waals surface area contributed by atoms with Crippen LogP contribution in [-0.2, 0) is 10.0 Å². The van der Waals surface area contributed by atoms with Crippen LogP contribution in [0.2, 0.25) is 0 Å². The predicted octanol–water partition coefficient (Wildman–Crippen LogP) is 3.47. The van der Waals surface area contributed by atoms with Crippen molar-refractivity contribution >= 4 is 31.7 Å². The van der Waals surface area contributed by atoms with Gasteiger partial charge in [0.25, 0.3) is 10.0 Å². The van der Waals surface area contributed by atoms with Gasteiger partial charge in [-0.3, -0.25) is 0 Å². The van der Waals surface area contributed by atoms with Crippen LogP contribution in [0.25, 0.3) is 0 Å². The minimum Gasteiger partial charge on any atom is -0.497 e. The molecule has 0 unspecified atom stereocenters. The SMILES string of the molecule is COc1ccc(Br)c(/C(C)=N/NS(=O)(=O)c2ccc(C)cc2)c1. The molecule has 0 atom stereocenters. The van der Waals surface area contributed by atoms with Crippen molar-refractivity contribution in [2.75, 3.05) is 7.11 Å². The lowest BCUT2D eigenvalue weighted by atomic mass is 10.1. The molecule has 0 fully saturated rings. The van der Waals surface area contributed by atoms with Crippen molar-refractivity contribution in [1.29, 1.82) is 0 Å². The van der Waals surface area contributed by atoms with Crippen LogP contribution in [0.3, 0.4) is 0 Å². The maximum absolute atomic E-state index is 12.2. The van der Waals surface area contributed by atoms with Crippen LogP contribution in [0.1, 0.15) is 18.1 Å². The maximum Gasteiger partial charge on any atom is 0.276 e. The molecule has 0 spiro atoms. The van der Waals surface area contributed by atoms with Gasteiger partial charge in [0.05, 0.1) is 17.7 Å². The van der Waals surface area contributed by atoms with Crippen molar-refractivity contribution in [1.82, 2.24) is 4.83 Å². The van der Waals surface area contributed by atoms with Gasteiger partial charge in [0.15, 0.2) is 0 Å². The Balaban J connectivity index is 2.26. The number of nitrogens with one attached hydrogen (secondary N) is 1. The van der Waals surface area contributed by atoms with E-state index in [1.54, 1.807) is 50.4 Å². The first-order valence-corrected chi connectivity index (χ1v) is 9.08. The molecule has 0 heterocycles. The van der Waals surface area contributed by atoms with E-state index in [1.807, 2.05) is 13.0 Å². The van der Waals surface area contributed by atoms with Crippen molar-refractivity contribution in [3.63, 3.8) is 0 Å². The van der Waals surface area contributed by atoms with E-state index in [0.29, 0.717) is 11.5 Å². The second kappa shape index (κ2) is 7.14. The van der Waals surface area contributed by atoms with Gasteiger partial charge in [0.2, 0.25) is 0 Å². The van der Waals surface area contributed by atoms with Crippen molar-refractivity contribution in [3.8, 4) is 5.75 Å². The first kappa shape index (κ1) is 17.5. The summed E-state index contributed by atoms with van der Waals surface area (Å²) in [6.07, 6.45) is 0. The fraction of sp³-hybridized carbons (Fsp3) is 0.188. The van der Waals surface area contributed by atoms with Crippen LogP contribution in [0.15, 0.2) is 56.9 Å². The molecular weight excluding hydrogens is 380 g/mol. The van der Waals surface area contributed by atoms with Gasteiger partial charge >= 0.3 is 0 Å². The molecule has 2 aromatic carbocycles. The van der Waals surface area contributed by atoms with Crippen LogP contribution >= 0.6 is 15.9 Å². The van der Waals surface area contributed by atoms with Crippen molar-refractivity contribution in [2.24, 2.45) is 5.10 Å². The number of nitrogens with zero attached hydrogens (tertiary/aromatic N) is 1. The zero-order valence-electron chi connectivity index (χ0n) is 13.0. The van der Waals surface area contributed by atoms with Gasteiger partial charge < -0.3 is 4.74 Å². The van der Waals surface area contributed by atoms with E-state index in [0.717, 1.165) is 15.6 Å². The molecule has 7 heteroatoms. The summed E-state index contributed by atoms with van der Waals surface area (Å²) >= 11 is 3.42. The standard InChI is InChI=1S/C16H17BrN2O3S/c1-11-4-7-14(8-5-11)23(20,21)19-18-12(2)15-10-13(22-3)6-9-16(15)17/h4-10,19H,1-3H3/b18-12+. The molecule has 0 aliphatic heterocycles. The number of benzene rings is 2. The molecule has 0 bridgehead atoms. The molecule has 0 aliphatic carbocycles. The number of aryl methyl sites for hydroxylation is 1. The van der Waals surface area contributed by atoms with E-state index in [2.05, 4.69) is 25.9 Å². The average molecular weight is 397 g/mol. The number of hydrogen-bond acceptors (Lipinski definition) is 4. The Hall–Kier alpha value is -1.86. The molecule has 0 saturated carbocycles. The van der Waals surface area contributed by atoms with Gasteiger partial charge in [-0.15, -0.1) is 0 Å². The lowest BCUT2D eigenvalue weighted by Crippen LogP contribution is -2.20. The molecule has 2 rings (SSSR count). The molecule has 122 valence electrons. The highest BCUT2D eigenvalue weighted by molar-refractivity contribution is 9.10. The van der Waals surface area contributed by atoms with Crippen LogP contribution < -0.4 is 9.57 Å². The van der Waals surface area contributed by atoms with Crippen molar-refractivity contribution in [2.45, 2.75) is 18.7 Å². The predicted molar refractivity (Wildman–Crippen MR) is 94.4 cm³/mol. The largest absolute Gasteiger partial charge is 0.497 e. The molecular formula is C16H17BrN2O3S. The summed E-state index contributed by atoms with van der Waals surface area (Å²) in [7, 11) is -2.12. The molecule has 0 radical (unpaired) electrons. The third kappa shape index (κ3) is 4.33. The molecule has 0 aromatic heterocycles. The molecule has 0 aliphatic rings. The number of hydrazone groups is 1. The highest BCUT2D eigenvalue weighted by Crippen LogP contribution is 2.23. The monoisotopic (exact) mass is 396 g/mol. The number of rotatable bonds is 5. The van der Waals surface area contributed by atoms with Crippen molar-refractivity contribution in [3.05, 3.63) is 58.1 Å². The number of ether oxygens (including phenoxy) is 1. The zero-order valence-corrected chi connectivity index (χ0v) is 15.4. The topological polar surface area (TPSA) is 67.8 Å². The summed E-state index contributed by atoms with van der Waals surface area (Å²) in [5.74, 6) is 0.666. The first-order chi connectivity index (χ1) is 10.8. The van der Waals surface area contributed by atoms with Gasteiger partial charge in [0, 0.05) is 10.0 Å². The Bertz CT molecular complexity index is 831. The molecule has 5 nitrogen and oxygen atoms in total. The minimum atomic E-state index is -3.69. The Morgan fingerprint density at radius 3 is 2.43 bits per heavy atom. The average Bonchev–Trinajstić information content (AvgIpc) is 2.53. The Morgan fingerprint density at radius 2 is 1.83 bits per heavy atom. The third-order valence-corrected chi connectivity index (χ3v) is 5.14. The Labute approximate surface area is 144 Å². The van der Waals surface area contributed by atoms with Gasteiger partial charge in [-0.25, -0.2) is 0 Å². The van der Waals surface area contributed by atoms with Crippen molar-refractivity contribution < 1.29 is 13.2 Å². The second-order valence-corrected chi connectivity index (χ2v) is 7.47.